The lowest BCUT2D eigenvalue weighted by Crippen LogP contribution is -2.10. The van der Waals surface area contributed by atoms with Crippen LogP contribution in [0.2, 0.25) is 0 Å². The molecule has 1 rings (SSSR count). The normalized spacial score (nSPS) is 10.3. The average molecular weight is 268 g/mol. The maximum Gasteiger partial charge on any atom is 0.305 e. The topological polar surface area (TPSA) is 65.0 Å². The Morgan fingerprint density at radius 1 is 1.16 bits per heavy atom. The summed E-state index contributed by atoms with van der Waals surface area (Å²) in [5.74, 6) is 0.769. The largest absolute Gasteiger partial charge is 0.497 e. The number of methoxy groups -OCH3 is 1. The number of ether oxygens (including phenoxy) is 3. The Bertz CT molecular complexity index is 405. The maximum absolute atomic E-state index is 10.3. The van der Waals surface area contributed by atoms with Crippen LogP contribution < -0.4 is 9.47 Å². The molecule has 0 aliphatic carbocycles. The van der Waals surface area contributed by atoms with Crippen molar-refractivity contribution in [3.8, 4) is 11.5 Å². The molecule has 0 aliphatic rings. The van der Waals surface area contributed by atoms with Crippen LogP contribution in [0.5, 0.6) is 11.5 Å². The Morgan fingerprint density at radius 2 is 1.79 bits per heavy atom. The molecular weight excluding hydrogens is 248 g/mol. The molecule has 0 amide bonds. The zero-order chi connectivity index (χ0) is 14.3. The van der Waals surface area contributed by atoms with Crippen molar-refractivity contribution in [1.82, 2.24) is 0 Å². The van der Waals surface area contributed by atoms with E-state index in [9.17, 15) is 4.79 Å². The Morgan fingerprint density at radius 3 is 2.32 bits per heavy atom. The van der Waals surface area contributed by atoms with Gasteiger partial charge < -0.3 is 19.3 Å². The average Bonchev–Trinajstić information content (AvgIpc) is 2.35. The highest BCUT2D eigenvalue weighted by molar-refractivity contribution is 5.66. The molecule has 0 fully saturated rings. The summed E-state index contributed by atoms with van der Waals surface area (Å²) in [4.78, 5) is 10.3. The fourth-order valence-corrected chi connectivity index (χ4v) is 1.72. The van der Waals surface area contributed by atoms with Crippen molar-refractivity contribution < 1.29 is 24.1 Å². The van der Waals surface area contributed by atoms with Gasteiger partial charge in [-0.25, -0.2) is 0 Å². The molecule has 1 N–H and O–H groups in total. The molecule has 0 spiro atoms. The van der Waals surface area contributed by atoms with Crippen molar-refractivity contribution in [2.75, 3.05) is 26.9 Å². The lowest BCUT2D eigenvalue weighted by molar-refractivity contribution is -0.138. The number of carboxylic acid groups (broad SMARTS) is 1. The van der Waals surface area contributed by atoms with E-state index >= 15 is 0 Å². The van der Waals surface area contributed by atoms with Crippen molar-refractivity contribution >= 4 is 5.97 Å². The summed E-state index contributed by atoms with van der Waals surface area (Å²) < 4.78 is 16.0. The van der Waals surface area contributed by atoms with E-state index in [1.165, 1.54) is 0 Å². The van der Waals surface area contributed by atoms with Crippen molar-refractivity contribution in [2.45, 2.75) is 20.3 Å². The van der Waals surface area contributed by atoms with E-state index in [0.29, 0.717) is 13.2 Å². The fraction of sp³-hybridized carbons (Fsp3) is 0.500. The quantitative estimate of drug-likeness (QED) is 0.732. The Balaban J connectivity index is 2.39. The third-order valence-corrected chi connectivity index (χ3v) is 2.60. The molecule has 0 saturated carbocycles. The van der Waals surface area contributed by atoms with Gasteiger partial charge in [-0.05, 0) is 37.1 Å². The van der Waals surface area contributed by atoms with E-state index in [1.807, 2.05) is 26.0 Å². The summed E-state index contributed by atoms with van der Waals surface area (Å²) in [7, 11) is 1.63. The third-order valence-electron chi connectivity index (χ3n) is 2.60. The van der Waals surface area contributed by atoms with E-state index in [1.54, 1.807) is 7.11 Å². The zero-order valence-corrected chi connectivity index (χ0v) is 11.6. The first-order valence-electron chi connectivity index (χ1n) is 6.12. The SMILES string of the molecule is COc1cc(C)c(OCCOCCC(=O)O)c(C)c1. The molecule has 5 heteroatoms. The van der Waals surface area contributed by atoms with Gasteiger partial charge in [0, 0.05) is 0 Å². The van der Waals surface area contributed by atoms with Crippen LogP contribution in [0, 0.1) is 13.8 Å². The lowest BCUT2D eigenvalue weighted by atomic mass is 10.1. The molecule has 0 aliphatic heterocycles. The van der Waals surface area contributed by atoms with Crippen LogP contribution in [0.3, 0.4) is 0 Å². The van der Waals surface area contributed by atoms with Gasteiger partial charge in [-0.1, -0.05) is 0 Å². The molecule has 19 heavy (non-hydrogen) atoms. The van der Waals surface area contributed by atoms with E-state index in [4.69, 9.17) is 19.3 Å². The molecule has 0 saturated heterocycles. The summed E-state index contributed by atoms with van der Waals surface area (Å²) >= 11 is 0. The first-order chi connectivity index (χ1) is 9.04. The van der Waals surface area contributed by atoms with Gasteiger partial charge in [0.15, 0.2) is 0 Å². The van der Waals surface area contributed by atoms with Crippen molar-refractivity contribution in [1.29, 1.82) is 0 Å². The third kappa shape index (κ3) is 5.18. The van der Waals surface area contributed by atoms with Crippen molar-refractivity contribution in [3.63, 3.8) is 0 Å². The Kier molecular flexibility index (Phi) is 6.15. The molecular formula is C14H20O5. The fourth-order valence-electron chi connectivity index (χ4n) is 1.72. The van der Waals surface area contributed by atoms with Gasteiger partial charge >= 0.3 is 5.97 Å². The molecule has 5 nitrogen and oxygen atoms in total. The number of carboxylic acids is 1. The van der Waals surface area contributed by atoms with Crippen LogP contribution in [0.1, 0.15) is 17.5 Å². The number of rotatable bonds is 8. The van der Waals surface area contributed by atoms with Gasteiger partial charge in [-0.2, -0.15) is 0 Å². The van der Waals surface area contributed by atoms with E-state index in [0.717, 1.165) is 22.6 Å². The Labute approximate surface area is 113 Å². The van der Waals surface area contributed by atoms with E-state index in [2.05, 4.69) is 0 Å². The number of hydrogen-bond acceptors (Lipinski definition) is 4. The number of benzene rings is 1. The van der Waals surface area contributed by atoms with Crippen LogP contribution in [-0.2, 0) is 9.53 Å². The number of aryl methyl sites for hydroxylation is 2. The standard InChI is InChI=1S/C14H20O5/c1-10-8-12(17-3)9-11(2)14(10)19-7-6-18-5-4-13(15)16/h8-9H,4-7H2,1-3H3,(H,15,16). The molecule has 1 aromatic carbocycles. The Hall–Kier alpha value is -1.75. The molecule has 106 valence electrons. The zero-order valence-electron chi connectivity index (χ0n) is 11.6. The second-order valence-electron chi connectivity index (χ2n) is 4.19. The molecule has 0 heterocycles. The minimum Gasteiger partial charge on any atom is -0.497 e. The van der Waals surface area contributed by atoms with Gasteiger partial charge in [0.1, 0.15) is 18.1 Å². The minimum atomic E-state index is -0.859. The first-order valence-corrected chi connectivity index (χ1v) is 6.12. The summed E-state index contributed by atoms with van der Waals surface area (Å²) in [6.45, 7) is 4.89. The van der Waals surface area contributed by atoms with Crippen LogP contribution in [0.25, 0.3) is 0 Å². The van der Waals surface area contributed by atoms with Crippen molar-refractivity contribution in [3.05, 3.63) is 23.3 Å². The molecule has 0 radical (unpaired) electrons. The summed E-state index contributed by atoms with van der Waals surface area (Å²) in [6.07, 6.45) is 0.0145. The summed E-state index contributed by atoms with van der Waals surface area (Å²) in [5.41, 5.74) is 2.00. The monoisotopic (exact) mass is 268 g/mol. The highest BCUT2D eigenvalue weighted by Crippen LogP contribution is 2.28. The van der Waals surface area contributed by atoms with E-state index in [-0.39, 0.29) is 13.0 Å². The molecule has 1 aromatic rings. The second-order valence-corrected chi connectivity index (χ2v) is 4.19. The summed E-state index contributed by atoms with van der Waals surface area (Å²) in [6, 6.07) is 3.82. The van der Waals surface area contributed by atoms with Crippen molar-refractivity contribution in [2.24, 2.45) is 0 Å². The van der Waals surface area contributed by atoms with Gasteiger partial charge in [-0.15, -0.1) is 0 Å². The van der Waals surface area contributed by atoms with Gasteiger partial charge in [-0.3, -0.25) is 4.79 Å². The van der Waals surface area contributed by atoms with Gasteiger partial charge in [0.05, 0.1) is 26.7 Å². The molecule has 0 atom stereocenters. The highest BCUT2D eigenvalue weighted by atomic mass is 16.5. The number of carbonyl (C=O) groups is 1. The molecule has 0 aromatic heterocycles. The lowest BCUT2D eigenvalue weighted by Gasteiger charge is -2.13. The van der Waals surface area contributed by atoms with Crippen LogP contribution in [-0.4, -0.2) is 38.0 Å². The highest BCUT2D eigenvalue weighted by Gasteiger charge is 2.06. The second kappa shape index (κ2) is 7.63. The summed E-state index contributed by atoms with van der Waals surface area (Å²) in [5, 5.41) is 8.45. The number of aliphatic carboxylic acids is 1. The smallest absolute Gasteiger partial charge is 0.305 e. The minimum absolute atomic E-state index is 0.0145. The van der Waals surface area contributed by atoms with Crippen LogP contribution in [0.4, 0.5) is 0 Å². The van der Waals surface area contributed by atoms with Gasteiger partial charge in [0.25, 0.3) is 0 Å². The molecule has 0 bridgehead atoms. The predicted molar refractivity (Wildman–Crippen MR) is 71.0 cm³/mol. The predicted octanol–water partition coefficient (Wildman–Crippen LogP) is 2.18. The van der Waals surface area contributed by atoms with Crippen LogP contribution >= 0.6 is 0 Å². The first kappa shape index (κ1) is 15.3. The maximum atomic E-state index is 10.3. The molecule has 0 unspecified atom stereocenters. The van der Waals surface area contributed by atoms with E-state index < -0.39 is 5.97 Å². The van der Waals surface area contributed by atoms with Crippen LogP contribution in [0.15, 0.2) is 12.1 Å². The number of hydrogen-bond donors (Lipinski definition) is 1. The van der Waals surface area contributed by atoms with Gasteiger partial charge in [0.2, 0.25) is 0 Å².